The molecule has 27 heavy (non-hydrogen) atoms. The fourth-order valence-corrected chi connectivity index (χ4v) is 4.38. The maximum Gasteiger partial charge on any atom is 0.337 e. The van der Waals surface area contributed by atoms with Crippen molar-refractivity contribution in [2.24, 2.45) is 0 Å². The molecule has 0 aromatic heterocycles. The Morgan fingerprint density at radius 3 is 2.07 bits per heavy atom. The van der Waals surface area contributed by atoms with Gasteiger partial charge in [0.1, 0.15) is 11.9 Å². The van der Waals surface area contributed by atoms with Crippen LogP contribution >= 0.6 is 7.60 Å². The zero-order chi connectivity index (χ0) is 21.3. The van der Waals surface area contributed by atoms with Gasteiger partial charge in [0.25, 0.3) is 0 Å². The van der Waals surface area contributed by atoms with Crippen molar-refractivity contribution in [1.82, 2.24) is 0 Å². The van der Waals surface area contributed by atoms with Gasteiger partial charge in [0.2, 0.25) is 0 Å². The third-order valence-electron chi connectivity index (χ3n) is 4.80. The molecule has 9 heteroatoms. The third-order valence-corrected chi connectivity index (χ3v) is 11.2. The lowest BCUT2D eigenvalue weighted by molar-refractivity contribution is -0.145. The van der Waals surface area contributed by atoms with Gasteiger partial charge in [-0.2, -0.15) is 0 Å². The van der Waals surface area contributed by atoms with E-state index >= 15 is 0 Å². The minimum Gasteiger partial charge on any atom is -0.466 e. The first-order valence-electron chi connectivity index (χ1n) is 9.36. The Balaban J connectivity index is 5.15. The van der Waals surface area contributed by atoms with Crippen LogP contribution in [-0.4, -0.2) is 53.2 Å². The summed E-state index contributed by atoms with van der Waals surface area (Å²) in [6, 6.07) is 0. The van der Waals surface area contributed by atoms with Crippen LogP contribution in [0.15, 0.2) is 0 Å². The van der Waals surface area contributed by atoms with Gasteiger partial charge in [-0.3, -0.25) is 14.2 Å². The largest absolute Gasteiger partial charge is 0.466 e. The summed E-state index contributed by atoms with van der Waals surface area (Å²) < 4.78 is 33.4. The second-order valence-electron chi connectivity index (χ2n) is 8.16. The summed E-state index contributed by atoms with van der Waals surface area (Å²) in [4.78, 5) is 24.6. The first-order chi connectivity index (χ1) is 12.3. The normalized spacial score (nSPS) is 14.1. The van der Waals surface area contributed by atoms with Gasteiger partial charge >= 0.3 is 13.6 Å². The van der Waals surface area contributed by atoms with Crippen LogP contribution in [0.5, 0.6) is 0 Å². The quantitative estimate of drug-likeness (QED) is 0.185. The molecule has 0 saturated carbocycles. The first-order valence-corrected chi connectivity index (χ1v) is 14.0. The van der Waals surface area contributed by atoms with Gasteiger partial charge in [-0.15, -0.1) is 0 Å². The molecule has 0 aliphatic rings. The van der Waals surface area contributed by atoms with E-state index < -0.39 is 22.0 Å². The summed E-state index contributed by atoms with van der Waals surface area (Å²) >= 11 is 0. The van der Waals surface area contributed by atoms with E-state index in [0.717, 1.165) is 12.8 Å². The summed E-state index contributed by atoms with van der Waals surface area (Å²) in [5, 5.41) is -0.0746. The molecule has 0 unspecified atom stereocenters. The second kappa shape index (κ2) is 11.5. The Hall–Kier alpha value is -0.533. The van der Waals surface area contributed by atoms with Gasteiger partial charge in [0.15, 0.2) is 8.32 Å². The Bertz CT molecular complexity index is 520. The number of carbonyl (C=O) groups is 2. The second-order valence-corrected chi connectivity index (χ2v) is 15.2. The zero-order valence-electron chi connectivity index (χ0n) is 18.1. The highest BCUT2D eigenvalue weighted by atomic mass is 31.2. The lowest BCUT2D eigenvalue weighted by atomic mass is 10.1. The molecular weight excluding hydrogens is 387 g/mol. The Morgan fingerprint density at radius 1 is 1.07 bits per heavy atom. The zero-order valence-corrected chi connectivity index (χ0v) is 20.0. The van der Waals surface area contributed by atoms with Gasteiger partial charge < -0.3 is 18.2 Å². The molecule has 0 spiro atoms. The van der Waals surface area contributed by atoms with Crippen molar-refractivity contribution >= 4 is 27.7 Å². The maximum absolute atomic E-state index is 12.4. The van der Waals surface area contributed by atoms with E-state index in [9.17, 15) is 14.2 Å². The average molecular weight is 425 g/mol. The van der Waals surface area contributed by atoms with Crippen molar-refractivity contribution in [2.75, 3.05) is 27.0 Å². The number of ketones is 1. The van der Waals surface area contributed by atoms with Gasteiger partial charge in [0.05, 0.1) is 19.1 Å². The van der Waals surface area contributed by atoms with Crippen molar-refractivity contribution in [3.63, 3.8) is 0 Å². The van der Waals surface area contributed by atoms with E-state index in [4.69, 9.17) is 18.2 Å². The van der Waals surface area contributed by atoms with Crippen LogP contribution in [0.25, 0.3) is 0 Å². The molecule has 0 N–H and O–H groups in total. The number of rotatable bonds is 13. The van der Waals surface area contributed by atoms with Crippen LogP contribution in [0, 0.1) is 0 Å². The summed E-state index contributed by atoms with van der Waals surface area (Å²) in [7, 11) is -3.17. The number of unbranched alkanes of at least 4 members (excludes halogenated alkanes) is 1. The molecule has 0 radical (unpaired) electrons. The lowest BCUT2D eigenvalue weighted by Crippen LogP contribution is -2.45. The molecule has 0 saturated heterocycles. The van der Waals surface area contributed by atoms with E-state index in [-0.39, 0.29) is 35.8 Å². The fourth-order valence-electron chi connectivity index (χ4n) is 2.06. The number of esters is 1. The molecule has 0 aromatic carbocycles. The van der Waals surface area contributed by atoms with Gasteiger partial charge in [-0.1, -0.05) is 34.1 Å². The predicted molar refractivity (Wildman–Crippen MR) is 109 cm³/mol. The van der Waals surface area contributed by atoms with Crippen molar-refractivity contribution in [2.45, 2.75) is 77.6 Å². The standard InChI is InChI=1S/C18H37O7PSi/c1-9-10-11-24-17(20)13-16(25-27(7,8)18(2,3)4)12-15(19)14-26(21,22-5)23-6/h16H,9-14H2,1-8H3/t16-/m1/s1. The summed E-state index contributed by atoms with van der Waals surface area (Å²) in [6.45, 7) is 12.7. The number of carbonyl (C=O) groups excluding carboxylic acids is 2. The predicted octanol–water partition coefficient (Wildman–Crippen LogP) is 4.56. The Labute approximate surface area is 165 Å². The highest BCUT2D eigenvalue weighted by molar-refractivity contribution is 7.54. The summed E-state index contributed by atoms with van der Waals surface area (Å²) in [6.07, 6.45) is 0.720. The van der Waals surface area contributed by atoms with Gasteiger partial charge in [-0.05, 0) is 24.6 Å². The maximum atomic E-state index is 12.4. The number of Topliss-reactive ketones (excluding diaryl/α,β-unsaturated/α-hetero) is 1. The van der Waals surface area contributed by atoms with Gasteiger partial charge in [-0.25, -0.2) is 0 Å². The van der Waals surface area contributed by atoms with Crippen molar-refractivity contribution in [1.29, 1.82) is 0 Å². The molecule has 0 bridgehead atoms. The molecule has 0 aliphatic carbocycles. The third kappa shape index (κ3) is 9.99. The Kier molecular flexibility index (Phi) is 11.2. The van der Waals surface area contributed by atoms with Crippen molar-refractivity contribution in [3.8, 4) is 0 Å². The topological polar surface area (TPSA) is 88.1 Å². The molecule has 0 aliphatic heterocycles. The van der Waals surface area contributed by atoms with Crippen LogP contribution in [0.2, 0.25) is 18.1 Å². The van der Waals surface area contributed by atoms with Crippen LogP contribution < -0.4 is 0 Å². The molecule has 160 valence electrons. The Morgan fingerprint density at radius 2 is 1.63 bits per heavy atom. The molecule has 0 aromatic rings. The monoisotopic (exact) mass is 424 g/mol. The molecule has 0 amide bonds. The van der Waals surface area contributed by atoms with Crippen LogP contribution in [0.3, 0.4) is 0 Å². The molecule has 1 atom stereocenters. The molecule has 7 nitrogen and oxygen atoms in total. The van der Waals surface area contributed by atoms with E-state index in [1.165, 1.54) is 14.2 Å². The van der Waals surface area contributed by atoms with E-state index in [2.05, 4.69) is 33.9 Å². The van der Waals surface area contributed by atoms with Crippen LogP contribution in [0.4, 0.5) is 0 Å². The fraction of sp³-hybridized carbons (Fsp3) is 0.889. The summed E-state index contributed by atoms with van der Waals surface area (Å²) in [5.41, 5.74) is 0. The molecule has 0 rings (SSSR count). The first kappa shape index (κ1) is 26.5. The van der Waals surface area contributed by atoms with E-state index in [0.29, 0.717) is 6.61 Å². The lowest BCUT2D eigenvalue weighted by Gasteiger charge is -2.39. The molecular formula is C18H37O7PSi. The number of hydrogen-bond donors (Lipinski definition) is 0. The van der Waals surface area contributed by atoms with Crippen molar-refractivity contribution in [3.05, 3.63) is 0 Å². The summed E-state index contributed by atoms with van der Waals surface area (Å²) in [5.74, 6) is -0.714. The highest BCUT2D eigenvalue weighted by Crippen LogP contribution is 2.46. The van der Waals surface area contributed by atoms with E-state index in [1.54, 1.807) is 0 Å². The van der Waals surface area contributed by atoms with Crippen LogP contribution in [0.1, 0.15) is 53.4 Å². The van der Waals surface area contributed by atoms with Crippen molar-refractivity contribution < 1.29 is 32.4 Å². The SMILES string of the molecule is CCCCOC(=O)C[C@@H](CC(=O)CP(=O)(OC)OC)O[Si](C)(C)C(C)(C)C. The van der Waals surface area contributed by atoms with E-state index in [1.807, 2.05) is 6.92 Å². The average Bonchev–Trinajstić information content (AvgIpc) is 2.53. The molecule has 0 fully saturated rings. The minimum atomic E-state index is -3.44. The number of ether oxygens (including phenoxy) is 1. The van der Waals surface area contributed by atoms with Gasteiger partial charge in [0, 0.05) is 20.6 Å². The molecule has 0 heterocycles. The smallest absolute Gasteiger partial charge is 0.337 e. The number of hydrogen-bond acceptors (Lipinski definition) is 7. The minimum absolute atomic E-state index is 0.00771. The highest BCUT2D eigenvalue weighted by Gasteiger charge is 2.40. The van der Waals surface area contributed by atoms with Crippen LogP contribution in [-0.2, 0) is 32.4 Å².